The molecule has 0 saturated carbocycles. The summed E-state index contributed by atoms with van der Waals surface area (Å²) in [7, 11) is 0. The molecule has 1 aliphatic heterocycles. The molecule has 3 aromatic carbocycles. The van der Waals surface area contributed by atoms with Crippen molar-refractivity contribution in [1.29, 1.82) is 0 Å². The standard InChI is InChI=1S/C26H25F4N3O2/c27-24-14-18(4-9-23(24)20-2-1-3-22(34)15-20)16-32-10-12-33(13-11-32)21-7-5-19(6-8-21)25(35)31-17-26(28,29)30/h1-9,14-15,34H,10-13,16-17H2,(H,31,35). The van der Waals surface area contributed by atoms with Crippen LogP contribution >= 0.6 is 0 Å². The number of aromatic hydroxyl groups is 1. The van der Waals surface area contributed by atoms with Gasteiger partial charge >= 0.3 is 6.18 Å². The lowest BCUT2D eigenvalue weighted by atomic mass is 10.0. The quantitative estimate of drug-likeness (QED) is 0.490. The first-order chi connectivity index (χ1) is 16.7. The van der Waals surface area contributed by atoms with Gasteiger partial charge in [-0.25, -0.2) is 4.39 Å². The lowest BCUT2D eigenvalue weighted by Crippen LogP contribution is -2.46. The van der Waals surface area contributed by atoms with Crippen molar-refractivity contribution >= 4 is 11.6 Å². The SMILES string of the molecule is O=C(NCC(F)(F)F)c1ccc(N2CCN(Cc3ccc(-c4cccc(O)c4)c(F)c3)CC2)cc1. The van der Waals surface area contributed by atoms with Crippen LogP contribution in [0.4, 0.5) is 23.2 Å². The van der Waals surface area contributed by atoms with E-state index in [4.69, 9.17) is 0 Å². The van der Waals surface area contributed by atoms with Crippen molar-refractivity contribution in [2.75, 3.05) is 37.6 Å². The molecule has 35 heavy (non-hydrogen) atoms. The van der Waals surface area contributed by atoms with Crippen LogP contribution < -0.4 is 10.2 Å². The number of benzene rings is 3. The minimum absolute atomic E-state index is 0.0863. The van der Waals surface area contributed by atoms with Crippen LogP contribution in [-0.2, 0) is 6.54 Å². The van der Waals surface area contributed by atoms with Crippen molar-refractivity contribution in [2.45, 2.75) is 12.7 Å². The molecule has 184 valence electrons. The van der Waals surface area contributed by atoms with E-state index in [2.05, 4.69) is 9.80 Å². The topological polar surface area (TPSA) is 55.8 Å². The molecule has 0 aliphatic carbocycles. The Morgan fingerprint density at radius 2 is 1.66 bits per heavy atom. The first kappa shape index (κ1) is 24.5. The van der Waals surface area contributed by atoms with Gasteiger partial charge in [0.05, 0.1) is 0 Å². The van der Waals surface area contributed by atoms with Crippen molar-refractivity contribution in [3.8, 4) is 16.9 Å². The third-order valence-electron chi connectivity index (χ3n) is 5.91. The van der Waals surface area contributed by atoms with E-state index in [9.17, 15) is 27.5 Å². The van der Waals surface area contributed by atoms with Crippen LogP contribution in [0.15, 0.2) is 66.7 Å². The molecule has 0 radical (unpaired) electrons. The van der Waals surface area contributed by atoms with Crippen LogP contribution in [0.2, 0.25) is 0 Å². The second-order valence-electron chi connectivity index (χ2n) is 8.47. The van der Waals surface area contributed by atoms with Gasteiger partial charge in [0.15, 0.2) is 0 Å². The summed E-state index contributed by atoms with van der Waals surface area (Å²) < 4.78 is 51.5. The Morgan fingerprint density at radius 1 is 0.943 bits per heavy atom. The number of piperazine rings is 1. The Hall–Kier alpha value is -3.59. The van der Waals surface area contributed by atoms with Gasteiger partial charge in [-0.15, -0.1) is 0 Å². The maximum Gasteiger partial charge on any atom is 0.405 e. The Morgan fingerprint density at radius 3 is 2.29 bits per heavy atom. The summed E-state index contributed by atoms with van der Waals surface area (Å²) in [6, 6.07) is 18.1. The number of nitrogens with one attached hydrogen (secondary N) is 1. The van der Waals surface area contributed by atoms with Gasteiger partial charge in [-0.2, -0.15) is 13.2 Å². The lowest BCUT2D eigenvalue weighted by Gasteiger charge is -2.36. The van der Waals surface area contributed by atoms with Gasteiger partial charge in [0, 0.05) is 49.5 Å². The highest BCUT2D eigenvalue weighted by atomic mass is 19.4. The van der Waals surface area contributed by atoms with Gasteiger partial charge in [0.1, 0.15) is 18.1 Å². The lowest BCUT2D eigenvalue weighted by molar-refractivity contribution is -0.123. The van der Waals surface area contributed by atoms with Crippen LogP contribution in [0.25, 0.3) is 11.1 Å². The highest BCUT2D eigenvalue weighted by molar-refractivity contribution is 5.94. The molecule has 1 saturated heterocycles. The fourth-order valence-corrected chi connectivity index (χ4v) is 4.09. The zero-order valence-electron chi connectivity index (χ0n) is 18.9. The van der Waals surface area contributed by atoms with E-state index in [0.29, 0.717) is 17.7 Å². The minimum atomic E-state index is -4.45. The second kappa shape index (κ2) is 10.4. The summed E-state index contributed by atoms with van der Waals surface area (Å²) in [4.78, 5) is 16.2. The average Bonchev–Trinajstić information content (AvgIpc) is 2.83. The van der Waals surface area contributed by atoms with Crippen molar-refractivity contribution in [2.24, 2.45) is 0 Å². The van der Waals surface area contributed by atoms with Crippen molar-refractivity contribution < 1.29 is 27.5 Å². The largest absolute Gasteiger partial charge is 0.508 e. The van der Waals surface area contributed by atoms with Gasteiger partial charge in [-0.3, -0.25) is 9.69 Å². The van der Waals surface area contributed by atoms with E-state index in [1.807, 2.05) is 11.4 Å². The third kappa shape index (κ3) is 6.51. The molecule has 1 aliphatic rings. The van der Waals surface area contributed by atoms with E-state index in [1.165, 1.54) is 24.3 Å². The summed E-state index contributed by atoms with van der Waals surface area (Å²) in [6.07, 6.45) is -4.45. The van der Waals surface area contributed by atoms with Gasteiger partial charge in [0.25, 0.3) is 5.91 Å². The Balaban J connectivity index is 1.30. The summed E-state index contributed by atoms with van der Waals surface area (Å²) >= 11 is 0. The van der Waals surface area contributed by atoms with Crippen LogP contribution in [0, 0.1) is 5.82 Å². The minimum Gasteiger partial charge on any atom is -0.508 e. The van der Waals surface area contributed by atoms with E-state index < -0.39 is 18.6 Å². The smallest absolute Gasteiger partial charge is 0.405 e. The molecule has 1 amide bonds. The van der Waals surface area contributed by atoms with E-state index in [0.717, 1.165) is 37.4 Å². The molecule has 5 nitrogen and oxygen atoms in total. The fraction of sp³-hybridized carbons (Fsp3) is 0.269. The molecule has 1 fully saturated rings. The molecular weight excluding hydrogens is 462 g/mol. The Bertz CT molecular complexity index is 1170. The molecule has 0 aromatic heterocycles. The maximum absolute atomic E-state index is 14.7. The number of hydrogen-bond donors (Lipinski definition) is 2. The molecule has 9 heteroatoms. The van der Waals surface area contributed by atoms with E-state index in [-0.39, 0.29) is 17.1 Å². The summed E-state index contributed by atoms with van der Waals surface area (Å²) in [5.41, 5.74) is 2.97. The number of nitrogens with zero attached hydrogens (tertiary/aromatic N) is 2. The number of rotatable bonds is 6. The number of carbonyl (C=O) groups excluding carboxylic acids is 1. The molecule has 4 rings (SSSR count). The van der Waals surface area contributed by atoms with Crippen molar-refractivity contribution in [1.82, 2.24) is 10.2 Å². The molecule has 3 aromatic rings. The zero-order chi connectivity index (χ0) is 25.0. The van der Waals surface area contributed by atoms with E-state index in [1.54, 1.807) is 36.4 Å². The highest BCUT2D eigenvalue weighted by Crippen LogP contribution is 2.27. The predicted molar refractivity (Wildman–Crippen MR) is 126 cm³/mol. The number of halogens is 4. The molecule has 0 bridgehead atoms. The number of hydrogen-bond acceptors (Lipinski definition) is 4. The monoisotopic (exact) mass is 487 g/mol. The zero-order valence-corrected chi connectivity index (χ0v) is 18.9. The van der Waals surface area contributed by atoms with Gasteiger partial charge in [-0.1, -0.05) is 24.3 Å². The summed E-state index contributed by atoms with van der Waals surface area (Å²) in [5, 5.41) is 11.5. The van der Waals surface area contributed by atoms with Gasteiger partial charge in [0.2, 0.25) is 0 Å². The van der Waals surface area contributed by atoms with Gasteiger partial charge in [-0.05, 0) is 53.6 Å². The van der Waals surface area contributed by atoms with Crippen molar-refractivity contribution in [3.63, 3.8) is 0 Å². The van der Waals surface area contributed by atoms with Crippen LogP contribution in [0.3, 0.4) is 0 Å². The average molecular weight is 487 g/mol. The molecule has 1 heterocycles. The third-order valence-corrected chi connectivity index (χ3v) is 5.91. The first-order valence-electron chi connectivity index (χ1n) is 11.2. The molecule has 0 spiro atoms. The normalized spacial score (nSPS) is 14.7. The Labute approximate surface area is 200 Å². The number of amides is 1. The fourth-order valence-electron chi connectivity index (χ4n) is 4.09. The van der Waals surface area contributed by atoms with Crippen molar-refractivity contribution in [3.05, 3.63) is 83.7 Å². The second-order valence-corrected chi connectivity index (χ2v) is 8.47. The molecule has 0 atom stereocenters. The number of carbonyl (C=O) groups is 1. The van der Waals surface area contributed by atoms with E-state index >= 15 is 0 Å². The number of phenolic OH excluding ortho intramolecular Hbond substituents is 1. The number of anilines is 1. The van der Waals surface area contributed by atoms with Gasteiger partial charge < -0.3 is 15.3 Å². The van der Waals surface area contributed by atoms with Crippen LogP contribution in [0.1, 0.15) is 15.9 Å². The predicted octanol–water partition coefficient (Wildman–Crippen LogP) is 4.81. The van der Waals surface area contributed by atoms with Crippen LogP contribution in [-0.4, -0.2) is 54.8 Å². The molecule has 0 unspecified atom stereocenters. The first-order valence-corrected chi connectivity index (χ1v) is 11.2. The maximum atomic E-state index is 14.7. The number of alkyl halides is 3. The summed E-state index contributed by atoms with van der Waals surface area (Å²) in [6.45, 7) is 2.20. The summed E-state index contributed by atoms with van der Waals surface area (Å²) in [5.74, 6) is -1.02. The van der Waals surface area contributed by atoms with Crippen LogP contribution in [0.5, 0.6) is 5.75 Å². The molecule has 2 N–H and O–H groups in total. The molecular formula is C26H25F4N3O2. The Kier molecular flexibility index (Phi) is 7.25. The number of phenols is 1. The highest BCUT2D eigenvalue weighted by Gasteiger charge is 2.28.